The topological polar surface area (TPSA) is 0 Å². The smallest absolute Gasteiger partial charge is 0.0411 e. The highest BCUT2D eigenvalue weighted by Crippen LogP contribution is 2.50. The zero-order chi connectivity index (χ0) is 32.6. The van der Waals surface area contributed by atoms with Crippen molar-refractivity contribution in [1.29, 1.82) is 0 Å². The molecule has 0 bridgehead atoms. The van der Waals surface area contributed by atoms with Crippen LogP contribution in [0.1, 0.15) is 91.2 Å². The van der Waals surface area contributed by atoms with Crippen LogP contribution in [-0.2, 0) is 0 Å². The molecule has 0 aromatic heterocycles. The first-order chi connectivity index (χ1) is 22.5. The molecule has 0 aliphatic carbocycles. The molecule has 0 radical (unpaired) electrons. The van der Waals surface area contributed by atoms with Crippen LogP contribution in [0.2, 0.25) is 0 Å². The van der Waals surface area contributed by atoms with Crippen LogP contribution in [0.5, 0.6) is 0 Å². The van der Waals surface area contributed by atoms with Crippen LogP contribution in [0.4, 0.5) is 0 Å². The summed E-state index contributed by atoms with van der Waals surface area (Å²) in [6.45, 7) is 14.0. The standard InChI is InChI=1S/C44H54S2/c1-7-23-45(24-8-2,25-9-3)29-21-39-41-31-35-17-13-15-19-37(35)33-43(41)40(22-30-46(26-10-4,27-11-5)28-12-6)44-34-38-20-16-14-18-36(38)32-42(39)44/h13-20,31-34H,7-12,23-28H2,1-6H3. The lowest BCUT2D eigenvalue weighted by atomic mass is 9.89. The van der Waals surface area contributed by atoms with Gasteiger partial charge in [-0.2, -0.15) is 20.1 Å². The third kappa shape index (κ3) is 7.25. The fourth-order valence-corrected chi connectivity index (χ4v) is 14.6. The number of hydrogen-bond donors (Lipinski definition) is 0. The van der Waals surface area contributed by atoms with E-state index >= 15 is 0 Å². The number of hydrogen-bond acceptors (Lipinski definition) is 0. The van der Waals surface area contributed by atoms with Crippen molar-refractivity contribution in [1.82, 2.24) is 0 Å². The maximum absolute atomic E-state index is 4.06. The van der Waals surface area contributed by atoms with Crippen LogP contribution in [0.25, 0.3) is 43.1 Å². The van der Waals surface area contributed by atoms with Gasteiger partial charge in [0.2, 0.25) is 0 Å². The average molecular weight is 647 g/mol. The second-order valence-corrected chi connectivity index (χ2v) is 20.0. The summed E-state index contributed by atoms with van der Waals surface area (Å²) in [5.41, 5.74) is 2.39. The van der Waals surface area contributed by atoms with Gasteiger partial charge in [-0.15, -0.1) is 0 Å². The molecule has 0 fully saturated rings. The Bertz CT molecular complexity index is 1670. The molecule has 46 heavy (non-hydrogen) atoms. The van der Waals surface area contributed by atoms with Gasteiger partial charge >= 0.3 is 0 Å². The molecule has 5 aromatic rings. The average Bonchev–Trinajstić information content (AvgIpc) is 3.05. The fraction of sp³-hybridized carbons (Fsp3) is 0.409. The first-order valence-electron chi connectivity index (χ1n) is 17.8. The molecule has 0 saturated heterocycles. The number of rotatable bonds is 12. The maximum atomic E-state index is 4.06. The summed E-state index contributed by atoms with van der Waals surface area (Å²) in [6, 6.07) is 27.3. The molecule has 0 aliphatic heterocycles. The Labute approximate surface area is 282 Å². The lowest BCUT2D eigenvalue weighted by Crippen LogP contribution is -2.11. The zero-order valence-corrected chi connectivity index (χ0v) is 30.9. The zero-order valence-electron chi connectivity index (χ0n) is 29.2. The highest BCUT2D eigenvalue weighted by molar-refractivity contribution is 8.37. The minimum absolute atomic E-state index is 1.01. The van der Waals surface area contributed by atoms with Crippen molar-refractivity contribution in [2.45, 2.75) is 80.1 Å². The SMILES string of the molecule is CCCS(C#Cc1c2cc3ccccc3cc2c(C#CS(CCC)(CCC)CCC)c2cc3ccccc3cc12)(CCC)CCC. The van der Waals surface area contributed by atoms with Crippen LogP contribution < -0.4 is 0 Å². The van der Waals surface area contributed by atoms with Crippen LogP contribution in [-0.4, -0.2) is 34.5 Å². The van der Waals surface area contributed by atoms with E-state index in [-0.39, 0.29) is 0 Å². The second kappa shape index (κ2) is 15.7. The van der Waals surface area contributed by atoms with Crippen LogP contribution in [0.3, 0.4) is 0 Å². The van der Waals surface area contributed by atoms with Crippen LogP contribution >= 0.6 is 20.1 Å². The van der Waals surface area contributed by atoms with Crippen LogP contribution in [0.15, 0.2) is 72.8 Å². The molecule has 5 aromatic carbocycles. The Balaban J connectivity index is 1.94. The molecule has 0 unspecified atom stereocenters. The predicted octanol–water partition coefficient (Wildman–Crippen LogP) is 13.0. The molecule has 0 aliphatic rings. The van der Waals surface area contributed by atoms with Gasteiger partial charge in [0.25, 0.3) is 0 Å². The third-order valence-corrected chi connectivity index (χ3v) is 17.4. The molecule has 0 saturated carbocycles. The second-order valence-electron chi connectivity index (χ2n) is 13.0. The molecule has 0 nitrogen and oxygen atoms in total. The number of fused-ring (bicyclic) bond motifs is 4. The quantitative estimate of drug-likeness (QED) is 0.0934. The largest absolute Gasteiger partial charge is 0.177 e. The Morgan fingerprint density at radius 2 is 0.630 bits per heavy atom. The molecule has 242 valence electrons. The van der Waals surface area contributed by atoms with Crippen molar-refractivity contribution >= 4 is 63.1 Å². The molecule has 2 heteroatoms. The maximum Gasteiger partial charge on any atom is 0.0411 e. The van der Waals surface area contributed by atoms with Crippen molar-refractivity contribution in [2.24, 2.45) is 0 Å². The van der Waals surface area contributed by atoms with E-state index in [2.05, 4.69) is 137 Å². The lowest BCUT2D eigenvalue weighted by molar-refractivity contribution is 1.02. The van der Waals surface area contributed by atoms with E-state index in [1.165, 1.54) is 127 Å². The van der Waals surface area contributed by atoms with E-state index < -0.39 is 20.1 Å². The van der Waals surface area contributed by atoms with Crippen molar-refractivity contribution < 1.29 is 0 Å². The van der Waals surface area contributed by atoms with Gasteiger partial charge in [0, 0.05) is 11.1 Å². The van der Waals surface area contributed by atoms with E-state index in [0.29, 0.717) is 0 Å². The first-order valence-corrected chi connectivity index (χ1v) is 22.1. The van der Waals surface area contributed by atoms with Crippen molar-refractivity contribution in [3.63, 3.8) is 0 Å². The van der Waals surface area contributed by atoms with E-state index in [4.69, 9.17) is 0 Å². The molecule has 0 heterocycles. The normalized spacial score (nSPS) is 12.7. The summed E-state index contributed by atoms with van der Waals surface area (Å²) in [5, 5.41) is 18.3. The Morgan fingerprint density at radius 1 is 0.391 bits per heavy atom. The van der Waals surface area contributed by atoms with Gasteiger partial charge in [-0.3, -0.25) is 0 Å². The van der Waals surface area contributed by atoms with Gasteiger partial charge in [-0.1, -0.05) is 102 Å². The molecule has 0 amide bonds. The summed E-state index contributed by atoms with van der Waals surface area (Å²) in [6.07, 6.45) is 7.21. The highest BCUT2D eigenvalue weighted by atomic mass is 32.3. The summed E-state index contributed by atoms with van der Waals surface area (Å²) in [5.74, 6) is 15.4. The van der Waals surface area contributed by atoms with Gasteiger partial charge in [0.1, 0.15) is 0 Å². The molecular weight excluding hydrogens is 593 g/mol. The van der Waals surface area contributed by atoms with Crippen molar-refractivity contribution in [3.05, 3.63) is 83.9 Å². The van der Waals surface area contributed by atoms with Crippen LogP contribution in [0, 0.1) is 22.3 Å². The molecule has 0 spiro atoms. The van der Waals surface area contributed by atoms with Gasteiger partial charge < -0.3 is 0 Å². The molecular formula is C44H54S2. The lowest BCUT2D eigenvalue weighted by Gasteiger charge is -2.34. The fourth-order valence-electron chi connectivity index (χ4n) is 7.45. The Hall–Kier alpha value is -3.04. The number of benzene rings is 5. The van der Waals surface area contributed by atoms with Gasteiger partial charge in [-0.25, -0.2) is 0 Å². The van der Waals surface area contributed by atoms with E-state index in [1.54, 1.807) is 0 Å². The molecule has 0 atom stereocenters. The summed E-state index contributed by atoms with van der Waals surface area (Å²) >= 11 is 0. The van der Waals surface area contributed by atoms with Crippen molar-refractivity contribution in [3.8, 4) is 22.3 Å². The van der Waals surface area contributed by atoms with E-state index in [0.717, 1.165) is 0 Å². The van der Waals surface area contributed by atoms with Gasteiger partial charge in [-0.05, 0) is 151 Å². The summed E-state index contributed by atoms with van der Waals surface area (Å²) in [4.78, 5) is 0. The molecule has 5 rings (SSSR count). The monoisotopic (exact) mass is 646 g/mol. The van der Waals surface area contributed by atoms with Gasteiger partial charge in [0.15, 0.2) is 0 Å². The summed E-state index contributed by atoms with van der Waals surface area (Å²) in [7, 11) is -2.02. The highest BCUT2D eigenvalue weighted by Gasteiger charge is 2.22. The Kier molecular flexibility index (Phi) is 11.7. The van der Waals surface area contributed by atoms with E-state index in [1.807, 2.05) is 0 Å². The summed E-state index contributed by atoms with van der Waals surface area (Å²) < 4.78 is 0. The Morgan fingerprint density at radius 3 is 0.848 bits per heavy atom. The third-order valence-electron chi connectivity index (χ3n) is 9.20. The van der Waals surface area contributed by atoms with E-state index in [9.17, 15) is 0 Å². The van der Waals surface area contributed by atoms with Gasteiger partial charge in [0.05, 0.1) is 0 Å². The minimum atomic E-state index is -1.01. The predicted molar refractivity (Wildman–Crippen MR) is 216 cm³/mol. The first kappa shape index (κ1) is 34.3. The van der Waals surface area contributed by atoms with Crippen molar-refractivity contribution in [2.75, 3.05) is 34.5 Å². The minimum Gasteiger partial charge on any atom is -0.177 e. The molecule has 0 N–H and O–H groups in total.